The minimum atomic E-state index is 0.186. The van der Waals surface area contributed by atoms with E-state index in [4.69, 9.17) is 16.7 Å². The molecule has 3 heteroatoms. The number of fused-ring (bicyclic) bond motifs is 1. The maximum atomic E-state index is 8.99. The normalized spacial score (nSPS) is 20.6. The molecule has 2 N–H and O–H groups in total. The lowest BCUT2D eigenvalue weighted by Crippen LogP contribution is -2.28. The number of benzene rings is 1. The fraction of sp³-hybridized carbons (Fsp3) is 0.400. The molecule has 13 heavy (non-hydrogen) atoms. The smallest absolute Gasteiger partial charge is 0.0632 e. The van der Waals surface area contributed by atoms with E-state index < -0.39 is 0 Å². The van der Waals surface area contributed by atoms with E-state index in [-0.39, 0.29) is 12.6 Å². The van der Waals surface area contributed by atoms with Gasteiger partial charge in [0.25, 0.3) is 0 Å². The third-order valence-electron chi connectivity index (χ3n) is 2.44. The number of rotatable bonds is 1. The predicted molar refractivity (Wildman–Crippen MR) is 54.3 cm³/mol. The molecule has 1 atom stereocenters. The fourth-order valence-electron chi connectivity index (χ4n) is 1.70. The number of nitrogens with one attached hydrogen (secondary N) is 1. The van der Waals surface area contributed by atoms with Crippen molar-refractivity contribution in [2.75, 3.05) is 11.9 Å². The highest BCUT2D eigenvalue weighted by molar-refractivity contribution is 6.31. The zero-order valence-electron chi connectivity index (χ0n) is 7.26. The molecule has 0 saturated carbocycles. The van der Waals surface area contributed by atoms with Gasteiger partial charge in [0.1, 0.15) is 0 Å². The van der Waals surface area contributed by atoms with Crippen molar-refractivity contribution in [2.24, 2.45) is 0 Å². The van der Waals surface area contributed by atoms with Gasteiger partial charge in [-0.15, -0.1) is 0 Å². The summed E-state index contributed by atoms with van der Waals surface area (Å²) in [5.41, 5.74) is 2.24. The molecule has 0 aromatic heterocycles. The van der Waals surface area contributed by atoms with Crippen molar-refractivity contribution in [1.82, 2.24) is 0 Å². The van der Waals surface area contributed by atoms with Gasteiger partial charge in [-0.05, 0) is 30.5 Å². The number of anilines is 1. The van der Waals surface area contributed by atoms with E-state index >= 15 is 0 Å². The van der Waals surface area contributed by atoms with E-state index in [9.17, 15) is 0 Å². The topological polar surface area (TPSA) is 32.3 Å². The third kappa shape index (κ3) is 1.64. The number of hydrogen-bond donors (Lipinski definition) is 2. The van der Waals surface area contributed by atoms with Gasteiger partial charge < -0.3 is 10.4 Å². The summed E-state index contributed by atoms with van der Waals surface area (Å²) in [5, 5.41) is 13.1. The van der Waals surface area contributed by atoms with Gasteiger partial charge in [0.2, 0.25) is 0 Å². The van der Waals surface area contributed by atoms with Crippen molar-refractivity contribution in [3.8, 4) is 0 Å². The Hall–Kier alpha value is -0.730. The summed E-state index contributed by atoms with van der Waals surface area (Å²) in [6.07, 6.45) is 1.90. The Kier molecular flexibility index (Phi) is 2.42. The lowest BCUT2D eigenvalue weighted by molar-refractivity contribution is 0.267. The minimum absolute atomic E-state index is 0.186. The lowest BCUT2D eigenvalue weighted by atomic mass is 9.98. The summed E-state index contributed by atoms with van der Waals surface area (Å²) in [5.74, 6) is 0. The molecule has 2 rings (SSSR count). The summed E-state index contributed by atoms with van der Waals surface area (Å²) < 4.78 is 0. The van der Waals surface area contributed by atoms with Crippen LogP contribution in [0.2, 0.25) is 5.02 Å². The molecule has 0 bridgehead atoms. The average Bonchev–Trinajstić information content (AvgIpc) is 2.18. The second-order valence-electron chi connectivity index (χ2n) is 3.33. The van der Waals surface area contributed by atoms with E-state index in [0.29, 0.717) is 0 Å². The van der Waals surface area contributed by atoms with Gasteiger partial charge in [-0.3, -0.25) is 0 Å². The van der Waals surface area contributed by atoms with Gasteiger partial charge in [-0.1, -0.05) is 17.7 Å². The first-order valence-electron chi connectivity index (χ1n) is 4.46. The molecule has 0 saturated heterocycles. The van der Waals surface area contributed by atoms with E-state index in [1.807, 2.05) is 18.2 Å². The molecule has 1 aliphatic heterocycles. The van der Waals surface area contributed by atoms with Crippen LogP contribution in [-0.4, -0.2) is 17.8 Å². The maximum absolute atomic E-state index is 8.99. The minimum Gasteiger partial charge on any atom is -0.394 e. The summed E-state index contributed by atoms with van der Waals surface area (Å²) in [7, 11) is 0. The first kappa shape index (κ1) is 8.85. The van der Waals surface area contributed by atoms with Crippen molar-refractivity contribution >= 4 is 17.3 Å². The summed E-state index contributed by atoms with van der Waals surface area (Å²) in [6, 6.07) is 6.02. The van der Waals surface area contributed by atoms with Gasteiger partial charge in [0, 0.05) is 16.8 Å². The van der Waals surface area contributed by atoms with Crippen LogP contribution >= 0.6 is 11.6 Å². The van der Waals surface area contributed by atoms with Gasteiger partial charge in [0.05, 0.1) is 6.61 Å². The standard InChI is InChI=1S/C10H12ClNO/c11-9-2-1-3-10-8(9)5-4-7(6-13)12-10/h1-3,7,12-13H,4-6H2. The van der Waals surface area contributed by atoms with Crippen molar-refractivity contribution < 1.29 is 5.11 Å². The Morgan fingerprint density at radius 1 is 1.54 bits per heavy atom. The van der Waals surface area contributed by atoms with E-state index in [0.717, 1.165) is 23.6 Å². The monoisotopic (exact) mass is 197 g/mol. The first-order chi connectivity index (χ1) is 6.31. The van der Waals surface area contributed by atoms with E-state index in [2.05, 4.69) is 5.32 Å². The first-order valence-corrected chi connectivity index (χ1v) is 4.84. The molecule has 0 fully saturated rings. The van der Waals surface area contributed by atoms with Gasteiger partial charge >= 0.3 is 0 Å². The van der Waals surface area contributed by atoms with Crippen LogP contribution in [0.25, 0.3) is 0 Å². The Balaban J connectivity index is 2.31. The zero-order valence-corrected chi connectivity index (χ0v) is 8.01. The van der Waals surface area contributed by atoms with E-state index in [1.54, 1.807) is 0 Å². The molecule has 1 unspecified atom stereocenters. The van der Waals surface area contributed by atoms with Crippen LogP contribution in [-0.2, 0) is 6.42 Å². The summed E-state index contributed by atoms with van der Waals surface area (Å²) in [6.45, 7) is 0.186. The molecule has 1 aromatic rings. The third-order valence-corrected chi connectivity index (χ3v) is 2.80. The van der Waals surface area contributed by atoms with Crippen LogP contribution in [0, 0.1) is 0 Å². The molecular weight excluding hydrogens is 186 g/mol. The average molecular weight is 198 g/mol. The molecule has 1 aliphatic rings. The van der Waals surface area contributed by atoms with Crippen LogP contribution in [0.3, 0.4) is 0 Å². The van der Waals surface area contributed by atoms with Crippen LogP contribution < -0.4 is 5.32 Å². The molecule has 0 amide bonds. The fourth-order valence-corrected chi connectivity index (χ4v) is 1.96. The van der Waals surface area contributed by atoms with Gasteiger partial charge in [0.15, 0.2) is 0 Å². The van der Waals surface area contributed by atoms with Crippen molar-refractivity contribution in [3.63, 3.8) is 0 Å². The lowest BCUT2D eigenvalue weighted by Gasteiger charge is -2.26. The zero-order chi connectivity index (χ0) is 9.26. The van der Waals surface area contributed by atoms with Crippen LogP contribution in [0.4, 0.5) is 5.69 Å². The van der Waals surface area contributed by atoms with Crippen LogP contribution in [0.1, 0.15) is 12.0 Å². The molecule has 0 aliphatic carbocycles. The number of halogens is 1. The second kappa shape index (κ2) is 3.56. The van der Waals surface area contributed by atoms with E-state index in [1.165, 1.54) is 5.56 Å². The Labute approximate surface area is 82.5 Å². The molecule has 0 spiro atoms. The Morgan fingerprint density at radius 2 is 2.38 bits per heavy atom. The highest BCUT2D eigenvalue weighted by Gasteiger charge is 2.17. The highest BCUT2D eigenvalue weighted by atomic mass is 35.5. The maximum Gasteiger partial charge on any atom is 0.0632 e. The summed E-state index contributed by atoms with van der Waals surface area (Å²) in [4.78, 5) is 0. The quantitative estimate of drug-likeness (QED) is 0.723. The van der Waals surface area contributed by atoms with Crippen LogP contribution in [0.5, 0.6) is 0 Å². The van der Waals surface area contributed by atoms with Gasteiger partial charge in [-0.25, -0.2) is 0 Å². The molecule has 1 heterocycles. The van der Waals surface area contributed by atoms with Crippen LogP contribution in [0.15, 0.2) is 18.2 Å². The van der Waals surface area contributed by atoms with Gasteiger partial charge in [-0.2, -0.15) is 0 Å². The van der Waals surface area contributed by atoms with Crippen molar-refractivity contribution in [3.05, 3.63) is 28.8 Å². The SMILES string of the molecule is OCC1CCc2c(Cl)cccc2N1. The highest BCUT2D eigenvalue weighted by Crippen LogP contribution is 2.30. The number of aliphatic hydroxyl groups is 1. The molecule has 1 aromatic carbocycles. The van der Waals surface area contributed by atoms with Crippen molar-refractivity contribution in [2.45, 2.75) is 18.9 Å². The Morgan fingerprint density at radius 3 is 3.15 bits per heavy atom. The summed E-state index contributed by atoms with van der Waals surface area (Å²) >= 11 is 6.03. The predicted octanol–water partition coefficient (Wildman–Crippen LogP) is 2.06. The molecular formula is C10H12ClNO. The van der Waals surface area contributed by atoms with Crippen molar-refractivity contribution in [1.29, 1.82) is 0 Å². The molecule has 70 valence electrons. The largest absolute Gasteiger partial charge is 0.394 e. The Bertz CT molecular complexity index is 314. The number of aliphatic hydroxyl groups excluding tert-OH is 1. The second-order valence-corrected chi connectivity index (χ2v) is 3.74. The molecule has 0 radical (unpaired) electrons. The number of hydrogen-bond acceptors (Lipinski definition) is 2. The molecule has 2 nitrogen and oxygen atoms in total.